The number of aromatic amines is 1. The lowest BCUT2D eigenvalue weighted by Crippen LogP contribution is -2.51. The van der Waals surface area contributed by atoms with E-state index in [0.717, 1.165) is 0 Å². The number of alkyl halides is 6. The summed E-state index contributed by atoms with van der Waals surface area (Å²) >= 11 is 0. The summed E-state index contributed by atoms with van der Waals surface area (Å²) in [5, 5.41) is 5.77. The summed E-state index contributed by atoms with van der Waals surface area (Å²) in [6.45, 7) is 0.730. The molecule has 16 heteroatoms. The first-order valence-electron chi connectivity index (χ1n) is 12.1. The number of H-pyrrole nitrogens is 1. The quantitative estimate of drug-likeness (QED) is 0.576. The third kappa shape index (κ3) is 5.21. The van der Waals surface area contributed by atoms with E-state index in [1.807, 2.05) is 5.10 Å². The first-order chi connectivity index (χ1) is 18.3. The van der Waals surface area contributed by atoms with Gasteiger partial charge in [0.25, 0.3) is 11.5 Å². The summed E-state index contributed by atoms with van der Waals surface area (Å²) in [6.07, 6.45) is -7.95. The van der Waals surface area contributed by atoms with Crippen LogP contribution in [0.4, 0.5) is 36.7 Å². The Bertz CT molecular complexity index is 1350. The number of nitrogens with one attached hydrogen (secondary N) is 1. The fourth-order valence-electron chi connectivity index (χ4n) is 5.24. The second-order valence-corrected chi connectivity index (χ2v) is 9.50. The van der Waals surface area contributed by atoms with Crippen molar-refractivity contribution in [2.24, 2.45) is 0 Å². The fourth-order valence-corrected chi connectivity index (χ4v) is 5.24. The second kappa shape index (κ2) is 9.88. The van der Waals surface area contributed by atoms with Gasteiger partial charge >= 0.3 is 12.4 Å². The molecule has 0 spiro atoms. The van der Waals surface area contributed by atoms with Crippen molar-refractivity contribution in [3.8, 4) is 0 Å². The Morgan fingerprint density at radius 2 is 1.62 bits per heavy atom. The topological polar surface area (TPSA) is 98.3 Å². The van der Waals surface area contributed by atoms with E-state index in [4.69, 9.17) is 0 Å². The second-order valence-electron chi connectivity index (χ2n) is 9.50. The molecule has 1 aliphatic carbocycles. The third-order valence-corrected chi connectivity index (χ3v) is 7.20. The average Bonchev–Trinajstić information content (AvgIpc) is 3.31. The molecule has 2 aliphatic heterocycles. The Labute approximate surface area is 216 Å². The van der Waals surface area contributed by atoms with Crippen LogP contribution in [0.3, 0.4) is 0 Å². The Balaban J connectivity index is 1.26. The van der Waals surface area contributed by atoms with Crippen molar-refractivity contribution < 1.29 is 35.5 Å². The van der Waals surface area contributed by atoms with Crippen LogP contribution >= 0.6 is 0 Å². The predicted molar refractivity (Wildman–Crippen MR) is 121 cm³/mol. The Morgan fingerprint density at radius 1 is 0.949 bits per heavy atom. The van der Waals surface area contributed by atoms with Crippen LogP contribution in [0.5, 0.6) is 0 Å². The molecule has 9 nitrogen and oxygen atoms in total. The summed E-state index contributed by atoms with van der Waals surface area (Å²) in [7, 11) is 0. The minimum atomic E-state index is -4.85. The molecule has 1 atom stereocenters. The maximum Gasteiger partial charge on any atom is 0.422 e. The van der Waals surface area contributed by atoms with Crippen molar-refractivity contribution in [2.75, 3.05) is 44.2 Å². The molecule has 1 amide bonds. The van der Waals surface area contributed by atoms with Crippen LogP contribution in [0, 0.1) is 0 Å². The van der Waals surface area contributed by atoms with Crippen LogP contribution in [-0.4, -0.2) is 75.1 Å². The van der Waals surface area contributed by atoms with Crippen LogP contribution in [0.1, 0.15) is 41.3 Å². The van der Waals surface area contributed by atoms with E-state index in [1.165, 1.54) is 4.90 Å². The number of aromatic nitrogens is 4. The van der Waals surface area contributed by atoms with E-state index in [9.17, 15) is 40.3 Å². The van der Waals surface area contributed by atoms with Crippen LogP contribution < -0.4 is 10.5 Å². The highest BCUT2D eigenvalue weighted by atomic mass is 19.4. The summed E-state index contributed by atoms with van der Waals surface area (Å²) in [6, 6.07) is -0.623. The summed E-state index contributed by atoms with van der Waals surface area (Å²) in [5.41, 5.74) is -3.79. The predicted octanol–water partition coefficient (Wildman–Crippen LogP) is 2.86. The molecule has 5 rings (SSSR count). The SMILES string of the molecule is O=C(C1=C(F)CCN(C2CCc3c2n[nH]c(=O)c3C(F)(F)F)C1)N1CCN(c2ncc(C(F)(F)F)cn2)CC1. The number of nitrogens with zero attached hydrogens (tertiary/aromatic N) is 6. The molecule has 0 bridgehead atoms. The average molecular weight is 561 g/mol. The lowest BCUT2D eigenvalue weighted by molar-refractivity contribution is -0.139. The molecular formula is C23H22F7N7O2. The maximum atomic E-state index is 14.8. The van der Waals surface area contributed by atoms with Gasteiger partial charge in [0, 0.05) is 58.1 Å². The molecule has 1 N–H and O–H groups in total. The molecule has 0 radical (unpaired) electrons. The first-order valence-corrected chi connectivity index (χ1v) is 12.1. The molecule has 2 aromatic rings. The smallest absolute Gasteiger partial charge is 0.337 e. The number of rotatable bonds is 3. The van der Waals surface area contributed by atoms with Gasteiger partial charge in [0.2, 0.25) is 5.95 Å². The molecule has 2 aromatic heterocycles. The number of halogens is 7. The highest BCUT2D eigenvalue weighted by Gasteiger charge is 2.43. The van der Waals surface area contributed by atoms with E-state index < -0.39 is 46.8 Å². The van der Waals surface area contributed by atoms with Crippen molar-refractivity contribution in [1.82, 2.24) is 30.0 Å². The zero-order chi connectivity index (χ0) is 28.1. The molecule has 4 heterocycles. The largest absolute Gasteiger partial charge is 0.422 e. The van der Waals surface area contributed by atoms with Gasteiger partial charge in [-0.1, -0.05) is 0 Å². The van der Waals surface area contributed by atoms with E-state index in [-0.39, 0.29) is 81.3 Å². The Morgan fingerprint density at radius 3 is 2.23 bits per heavy atom. The first kappa shape index (κ1) is 27.0. The highest BCUT2D eigenvalue weighted by molar-refractivity contribution is 5.94. The number of carbonyl (C=O) groups excluding carboxylic acids is 1. The maximum absolute atomic E-state index is 14.8. The van der Waals surface area contributed by atoms with Crippen LogP contribution in [0.2, 0.25) is 0 Å². The zero-order valence-electron chi connectivity index (χ0n) is 20.2. The number of anilines is 1. The van der Waals surface area contributed by atoms with Gasteiger partial charge in [-0.25, -0.2) is 19.5 Å². The molecular weight excluding hydrogens is 539 g/mol. The normalized spacial score (nSPS) is 20.9. The molecule has 0 saturated carbocycles. The van der Waals surface area contributed by atoms with Gasteiger partial charge in [-0.05, 0) is 18.4 Å². The molecule has 0 aromatic carbocycles. The Hall–Kier alpha value is -3.56. The molecule has 39 heavy (non-hydrogen) atoms. The van der Waals surface area contributed by atoms with Crippen molar-refractivity contribution in [3.05, 3.63) is 56.5 Å². The molecule has 1 saturated heterocycles. The summed E-state index contributed by atoms with van der Waals surface area (Å²) in [4.78, 5) is 37.3. The van der Waals surface area contributed by atoms with E-state index >= 15 is 0 Å². The summed E-state index contributed by atoms with van der Waals surface area (Å²) < 4.78 is 93.5. The number of hydrogen-bond donors (Lipinski definition) is 1. The molecule has 210 valence electrons. The van der Waals surface area contributed by atoms with Crippen molar-refractivity contribution >= 4 is 11.9 Å². The lowest BCUT2D eigenvalue weighted by Gasteiger charge is -2.37. The minimum absolute atomic E-state index is 0.0221. The van der Waals surface area contributed by atoms with Gasteiger partial charge in [-0.2, -0.15) is 31.4 Å². The van der Waals surface area contributed by atoms with Crippen LogP contribution in [0.15, 0.2) is 28.6 Å². The van der Waals surface area contributed by atoms with Crippen LogP contribution in [0.25, 0.3) is 0 Å². The third-order valence-electron chi connectivity index (χ3n) is 7.20. The van der Waals surface area contributed by atoms with Gasteiger partial charge in [0.15, 0.2) is 0 Å². The standard InChI is InChI=1S/C23H22F7N7O2/c24-15-3-4-37(16-2-1-13-17(23(28,29)30)19(38)34-33-18(13)16)11-14(15)20(39)35-5-7-36(8-6-35)21-31-9-12(10-32-21)22(25,26)27/h9-10,16H,1-8,11H2,(H,34,38). The molecule has 1 fully saturated rings. The number of hydrogen-bond acceptors (Lipinski definition) is 7. The van der Waals surface area contributed by atoms with Gasteiger partial charge in [0.05, 0.1) is 22.9 Å². The van der Waals surface area contributed by atoms with Gasteiger partial charge in [-0.15, -0.1) is 0 Å². The lowest BCUT2D eigenvalue weighted by atomic mass is 10.0. The monoisotopic (exact) mass is 561 g/mol. The van der Waals surface area contributed by atoms with Gasteiger partial charge in [0.1, 0.15) is 11.4 Å². The fraction of sp³-hybridized carbons (Fsp3) is 0.522. The number of piperazine rings is 1. The van der Waals surface area contributed by atoms with Gasteiger partial charge in [-0.3, -0.25) is 14.5 Å². The Kier molecular flexibility index (Phi) is 6.84. The number of fused-ring (bicyclic) bond motifs is 1. The summed E-state index contributed by atoms with van der Waals surface area (Å²) in [5.74, 6) is -1.09. The van der Waals surface area contributed by atoms with E-state index in [2.05, 4.69) is 15.1 Å². The number of amides is 1. The van der Waals surface area contributed by atoms with E-state index in [0.29, 0.717) is 12.4 Å². The highest BCUT2D eigenvalue weighted by Crippen LogP contribution is 2.41. The number of carbonyl (C=O) groups is 1. The minimum Gasteiger partial charge on any atom is -0.337 e. The molecule has 1 unspecified atom stereocenters. The zero-order valence-corrected chi connectivity index (χ0v) is 20.2. The van der Waals surface area contributed by atoms with Gasteiger partial charge < -0.3 is 9.80 Å². The molecule has 3 aliphatic rings. The van der Waals surface area contributed by atoms with Crippen molar-refractivity contribution in [1.29, 1.82) is 0 Å². The van der Waals surface area contributed by atoms with Crippen molar-refractivity contribution in [2.45, 2.75) is 37.7 Å². The van der Waals surface area contributed by atoms with E-state index in [1.54, 1.807) is 9.80 Å². The van der Waals surface area contributed by atoms with Crippen LogP contribution in [-0.2, 0) is 23.6 Å². The van der Waals surface area contributed by atoms with Crippen molar-refractivity contribution in [3.63, 3.8) is 0 Å².